The first-order valence-electron chi connectivity index (χ1n) is 8.57. The Hall–Kier alpha value is -2.77. The molecule has 1 aliphatic rings. The van der Waals surface area contributed by atoms with Crippen molar-refractivity contribution in [1.29, 1.82) is 0 Å². The van der Waals surface area contributed by atoms with Gasteiger partial charge in [-0.2, -0.15) is 0 Å². The van der Waals surface area contributed by atoms with Gasteiger partial charge in [0.25, 0.3) is 0 Å². The number of benzene rings is 2. The van der Waals surface area contributed by atoms with Crippen molar-refractivity contribution in [2.24, 2.45) is 4.99 Å². The van der Waals surface area contributed by atoms with E-state index >= 15 is 0 Å². The van der Waals surface area contributed by atoms with Gasteiger partial charge in [-0.25, -0.2) is 17.6 Å². The summed E-state index contributed by atoms with van der Waals surface area (Å²) in [5.41, 5.74) is 0.546. The number of anilines is 1. The van der Waals surface area contributed by atoms with Crippen LogP contribution in [0.25, 0.3) is 0 Å². The second kappa shape index (κ2) is 8.28. The highest BCUT2D eigenvalue weighted by atomic mass is 19.1. The van der Waals surface area contributed by atoms with Gasteiger partial charge in [-0.3, -0.25) is 4.99 Å². The molecule has 1 atom stereocenters. The quantitative estimate of drug-likeness (QED) is 0.486. The van der Waals surface area contributed by atoms with Gasteiger partial charge < -0.3 is 15.5 Å². The van der Waals surface area contributed by atoms with Crippen molar-refractivity contribution in [1.82, 2.24) is 10.6 Å². The van der Waals surface area contributed by atoms with E-state index in [1.807, 2.05) is 4.90 Å². The number of rotatable bonds is 4. The maximum absolute atomic E-state index is 13.9. The van der Waals surface area contributed by atoms with E-state index in [4.69, 9.17) is 0 Å². The number of guanidine groups is 1. The summed E-state index contributed by atoms with van der Waals surface area (Å²) in [5.74, 6) is -1.79. The lowest BCUT2D eigenvalue weighted by Gasteiger charge is -2.21. The number of hydrogen-bond acceptors (Lipinski definition) is 2. The minimum atomic E-state index is -0.612. The average Bonchev–Trinajstić information content (AvgIpc) is 3.09. The van der Waals surface area contributed by atoms with Crippen molar-refractivity contribution >= 4 is 11.6 Å². The fourth-order valence-electron chi connectivity index (χ4n) is 3.08. The summed E-state index contributed by atoms with van der Waals surface area (Å²) >= 11 is 0. The molecular weight excluding hydrogens is 360 g/mol. The second-order valence-corrected chi connectivity index (χ2v) is 6.33. The Morgan fingerprint density at radius 1 is 1.07 bits per heavy atom. The number of nitrogens with one attached hydrogen (secondary N) is 2. The maximum Gasteiger partial charge on any atom is 0.191 e. The highest BCUT2D eigenvalue weighted by Gasteiger charge is 2.25. The van der Waals surface area contributed by atoms with E-state index in [1.165, 1.54) is 12.1 Å². The Labute approximate surface area is 154 Å². The molecule has 4 nitrogen and oxygen atoms in total. The molecule has 2 aromatic rings. The van der Waals surface area contributed by atoms with E-state index in [2.05, 4.69) is 15.6 Å². The van der Waals surface area contributed by atoms with Crippen molar-refractivity contribution in [3.8, 4) is 0 Å². The average molecular weight is 380 g/mol. The summed E-state index contributed by atoms with van der Waals surface area (Å²) in [4.78, 5) is 5.91. The van der Waals surface area contributed by atoms with Crippen LogP contribution in [0.4, 0.5) is 23.2 Å². The fourth-order valence-corrected chi connectivity index (χ4v) is 3.08. The molecule has 2 N–H and O–H groups in total. The Kier molecular flexibility index (Phi) is 5.83. The largest absolute Gasteiger partial charge is 0.367 e. The molecule has 1 fully saturated rings. The van der Waals surface area contributed by atoms with Gasteiger partial charge in [0, 0.05) is 44.4 Å². The van der Waals surface area contributed by atoms with Crippen LogP contribution >= 0.6 is 0 Å². The molecule has 1 aliphatic heterocycles. The zero-order chi connectivity index (χ0) is 19.4. The summed E-state index contributed by atoms with van der Waals surface area (Å²) in [6.45, 7) is 1.19. The van der Waals surface area contributed by atoms with Crippen molar-refractivity contribution in [2.45, 2.75) is 19.0 Å². The minimum Gasteiger partial charge on any atom is -0.367 e. The Morgan fingerprint density at radius 2 is 1.81 bits per heavy atom. The van der Waals surface area contributed by atoms with Gasteiger partial charge in [0.1, 0.15) is 23.3 Å². The van der Waals surface area contributed by atoms with E-state index < -0.39 is 23.3 Å². The maximum atomic E-state index is 13.9. The molecule has 0 radical (unpaired) electrons. The van der Waals surface area contributed by atoms with Crippen LogP contribution in [-0.2, 0) is 6.54 Å². The first-order valence-corrected chi connectivity index (χ1v) is 8.57. The Bertz CT molecular complexity index is 840. The van der Waals surface area contributed by atoms with Crippen LogP contribution in [0.3, 0.4) is 0 Å². The summed E-state index contributed by atoms with van der Waals surface area (Å²) in [6, 6.07) is 6.77. The number of halogens is 4. The third-order valence-electron chi connectivity index (χ3n) is 4.46. The van der Waals surface area contributed by atoms with Crippen LogP contribution in [0, 0.1) is 23.3 Å². The van der Waals surface area contributed by atoms with Gasteiger partial charge in [0.15, 0.2) is 5.96 Å². The fraction of sp³-hybridized carbons (Fsp3) is 0.316. The lowest BCUT2D eigenvalue weighted by molar-refractivity contribution is 0.578. The third-order valence-corrected chi connectivity index (χ3v) is 4.46. The summed E-state index contributed by atoms with van der Waals surface area (Å²) < 4.78 is 53.9. The van der Waals surface area contributed by atoms with Crippen molar-refractivity contribution < 1.29 is 17.6 Å². The van der Waals surface area contributed by atoms with Gasteiger partial charge in [-0.05, 0) is 36.8 Å². The van der Waals surface area contributed by atoms with Gasteiger partial charge in [-0.15, -0.1) is 0 Å². The van der Waals surface area contributed by atoms with Crippen molar-refractivity contribution in [3.05, 3.63) is 65.2 Å². The number of aliphatic imine (C=N–C) groups is 1. The number of nitrogens with zero attached hydrogens (tertiary/aromatic N) is 2. The molecule has 0 bridgehead atoms. The first-order chi connectivity index (χ1) is 13.0. The van der Waals surface area contributed by atoms with E-state index in [1.54, 1.807) is 7.05 Å². The van der Waals surface area contributed by atoms with E-state index in [9.17, 15) is 17.6 Å². The summed E-state index contributed by atoms with van der Waals surface area (Å²) in [7, 11) is 1.57. The van der Waals surface area contributed by atoms with Gasteiger partial charge in [0.2, 0.25) is 0 Å². The molecule has 1 heterocycles. The standard InChI is InChI=1S/C19H20F4N4/c1-24-19(25-10-12-8-13(20)2-4-16(12)22)26-15-6-7-27(11-15)18-5-3-14(21)9-17(18)23/h2-5,8-9,15H,6-7,10-11H2,1H3,(H2,24,25,26). The summed E-state index contributed by atoms with van der Waals surface area (Å²) in [6.07, 6.45) is 0.728. The van der Waals surface area contributed by atoms with Gasteiger partial charge in [0.05, 0.1) is 5.69 Å². The van der Waals surface area contributed by atoms with E-state index in [0.717, 1.165) is 30.7 Å². The number of hydrogen-bond donors (Lipinski definition) is 2. The topological polar surface area (TPSA) is 39.7 Å². The van der Waals surface area contributed by atoms with Crippen LogP contribution in [0.15, 0.2) is 41.4 Å². The van der Waals surface area contributed by atoms with E-state index in [-0.39, 0.29) is 18.2 Å². The van der Waals surface area contributed by atoms with Crippen LogP contribution in [-0.4, -0.2) is 32.1 Å². The zero-order valence-electron chi connectivity index (χ0n) is 14.8. The highest BCUT2D eigenvalue weighted by Crippen LogP contribution is 2.24. The molecule has 0 amide bonds. The van der Waals surface area contributed by atoms with Crippen molar-refractivity contribution in [3.63, 3.8) is 0 Å². The Morgan fingerprint density at radius 3 is 2.56 bits per heavy atom. The molecular formula is C19H20F4N4. The van der Waals surface area contributed by atoms with Crippen LogP contribution in [0.2, 0.25) is 0 Å². The summed E-state index contributed by atoms with van der Waals surface area (Å²) in [5, 5.41) is 6.13. The van der Waals surface area contributed by atoms with Crippen molar-refractivity contribution in [2.75, 3.05) is 25.0 Å². The molecule has 3 rings (SSSR count). The molecule has 0 spiro atoms. The zero-order valence-corrected chi connectivity index (χ0v) is 14.8. The monoisotopic (exact) mass is 380 g/mol. The first kappa shape index (κ1) is 19.0. The van der Waals surface area contributed by atoms with Gasteiger partial charge >= 0.3 is 0 Å². The molecule has 0 saturated carbocycles. The SMILES string of the molecule is CN=C(NCc1cc(F)ccc1F)NC1CCN(c2ccc(F)cc2F)C1. The normalized spacial score (nSPS) is 17.3. The van der Waals surface area contributed by atoms with E-state index in [0.29, 0.717) is 24.7 Å². The highest BCUT2D eigenvalue weighted by molar-refractivity contribution is 5.80. The lowest BCUT2D eigenvalue weighted by Crippen LogP contribution is -2.44. The minimum absolute atomic E-state index is 0.0157. The Balaban J connectivity index is 1.57. The van der Waals surface area contributed by atoms with Crippen LogP contribution in [0.5, 0.6) is 0 Å². The molecule has 1 saturated heterocycles. The molecule has 0 aromatic heterocycles. The van der Waals surface area contributed by atoms with Crippen LogP contribution in [0.1, 0.15) is 12.0 Å². The molecule has 27 heavy (non-hydrogen) atoms. The lowest BCUT2D eigenvalue weighted by atomic mass is 10.2. The third kappa shape index (κ3) is 4.69. The molecule has 144 valence electrons. The predicted molar refractivity (Wildman–Crippen MR) is 96.7 cm³/mol. The molecule has 2 aromatic carbocycles. The molecule has 0 aliphatic carbocycles. The van der Waals surface area contributed by atoms with Gasteiger partial charge in [-0.1, -0.05) is 0 Å². The molecule has 1 unspecified atom stereocenters. The molecule has 8 heteroatoms. The van der Waals surface area contributed by atoms with Crippen LogP contribution < -0.4 is 15.5 Å². The second-order valence-electron chi connectivity index (χ2n) is 6.33. The smallest absolute Gasteiger partial charge is 0.191 e. The predicted octanol–water partition coefficient (Wildman–Crippen LogP) is 3.19.